The first-order valence-corrected chi connectivity index (χ1v) is 13.5. The van der Waals surface area contributed by atoms with Crippen molar-refractivity contribution in [3.8, 4) is 0 Å². The number of anilines is 1. The fourth-order valence-electron chi connectivity index (χ4n) is 4.54. The molecule has 0 radical (unpaired) electrons. The minimum atomic E-state index is -0.879. The zero-order valence-corrected chi connectivity index (χ0v) is 22.8. The van der Waals surface area contributed by atoms with Crippen LogP contribution in [0.3, 0.4) is 0 Å². The van der Waals surface area contributed by atoms with Gasteiger partial charge in [-0.3, -0.25) is 9.69 Å². The largest absolute Gasteiger partial charge is 0.463 e. The van der Waals surface area contributed by atoms with Crippen molar-refractivity contribution in [2.75, 3.05) is 18.5 Å². The van der Waals surface area contributed by atoms with E-state index in [2.05, 4.69) is 10.6 Å². The van der Waals surface area contributed by atoms with Crippen LogP contribution in [-0.4, -0.2) is 36.0 Å². The van der Waals surface area contributed by atoms with Gasteiger partial charge in [-0.25, -0.2) is 9.59 Å². The van der Waals surface area contributed by atoms with Gasteiger partial charge in [0, 0.05) is 12.2 Å². The van der Waals surface area contributed by atoms with Crippen molar-refractivity contribution in [2.24, 2.45) is 0 Å². The average molecular weight is 546 g/mol. The van der Waals surface area contributed by atoms with E-state index in [-0.39, 0.29) is 18.5 Å². The third kappa shape index (κ3) is 6.49. The van der Waals surface area contributed by atoms with Crippen LogP contribution in [0.2, 0.25) is 0 Å². The van der Waals surface area contributed by atoms with E-state index >= 15 is 0 Å². The SMILES string of the molecule is CCCCN1C(=O)NC(c2cccc(NC(=O)C(Cl)c3ccccc3)c2)C(C(=O)OCC)=C1c1ccccc1. The molecule has 0 bridgehead atoms. The first kappa shape index (κ1) is 27.9. The van der Waals surface area contributed by atoms with Gasteiger partial charge in [-0.15, -0.1) is 11.6 Å². The molecule has 2 atom stereocenters. The summed E-state index contributed by atoms with van der Waals surface area (Å²) < 4.78 is 5.49. The second-order valence-electron chi connectivity index (χ2n) is 9.12. The predicted molar refractivity (Wildman–Crippen MR) is 153 cm³/mol. The number of esters is 1. The Kier molecular flexibility index (Phi) is 9.39. The van der Waals surface area contributed by atoms with Crippen molar-refractivity contribution >= 4 is 40.9 Å². The van der Waals surface area contributed by atoms with Crippen molar-refractivity contribution in [3.63, 3.8) is 0 Å². The second-order valence-corrected chi connectivity index (χ2v) is 9.56. The van der Waals surface area contributed by atoms with Gasteiger partial charge in [0.1, 0.15) is 5.38 Å². The number of benzene rings is 3. The van der Waals surface area contributed by atoms with Gasteiger partial charge in [0.25, 0.3) is 0 Å². The number of ether oxygens (including phenoxy) is 1. The van der Waals surface area contributed by atoms with E-state index in [0.29, 0.717) is 34.6 Å². The summed E-state index contributed by atoms with van der Waals surface area (Å²) in [5.74, 6) is -0.897. The van der Waals surface area contributed by atoms with Gasteiger partial charge in [-0.2, -0.15) is 0 Å². The lowest BCUT2D eigenvalue weighted by molar-refractivity contribution is -0.139. The molecule has 0 fully saturated rings. The Labute approximate surface area is 233 Å². The number of rotatable bonds is 10. The third-order valence-electron chi connectivity index (χ3n) is 6.41. The van der Waals surface area contributed by atoms with E-state index in [0.717, 1.165) is 18.4 Å². The third-order valence-corrected chi connectivity index (χ3v) is 6.86. The van der Waals surface area contributed by atoms with Crippen molar-refractivity contribution in [3.05, 3.63) is 107 Å². The lowest BCUT2D eigenvalue weighted by Crippen LogP contribution is -2.48. The fraction of sp³-hybridized carbons (Fsp3) is 0.258. The van der Waals surface area contributed by atoms with E-state index in [9.17, 15) is 14.4 Å². The van der Waals surface area contributed by atoms with Crippen LogP contribution in [0.25, 0.3) is 5.70 Å². The molecule has 0 saturated carbocycles. The summed E-state index contributed by atoms with van der Waals surface area (Å²) in [6, 6.07) is 24.4. The molecular weight excluding hydrogens is 514 g/mol. The predicted octanol–water partition coefficient (Wildman–Crippen LogP) is 6.45. The minimum absolute atomic E-state index is 0.187. The van der Waals surface area contributed by atoms with Crippen LogP contribution in [0.5, 0.6) is 0 Å². The van der Waals surface area contributed by atoms with E-state index < -0.39 is 17.4 Å². The molecule has 3 aromatic carbocycles. The summed E-state index contributed by atoms with van der Waals surface area (Å²) >= 11 is 6.42. The van der Waals surface area contributed by atoms with Gasteiger partial charge >= 0.3 is 12.0 Å². The van der Waals surface area contributed by atoms with Crippen molar-refractivity contribution in [1.29, 1.82) is 0 Å². The number of urea groups is 1. The Balaban J connectivity index is 1.75. The number of hydrogen-bond donors (Lipinski definition) is 2. The number of nitrogens with one attached hydrogen (secondary N) is 2. The Morgan fingerprint density at radius 3 is 2.36 bits per heavy atom. The number of carbonyl (C=O) groups excluding carboxylic acids is 3. The molecule has 0 saturated heterocycles. The lowest BCUT2D eigenvalue weighted by atomic mass is 9.91. The number of hydrogen-bond acceptors (Lipinski definition) is 4. The molecule has 0 aromatic heterocycles. The molecule has 3 amide bonds. The zero-order valence-electron chi connectivity index (χ0n) is 22.0. The maximum Gasteiger partial charge on any atom is 0.338 e. The van der Waals surface area contributed by atoms with Crippen LogP contribution in [0.4, 0.5) is 10.5 Å². The summed E-state index contributed by atoms with van der Waals surface area (Å²) in [4.78, 5) is 41.4. The normalized spacial score (nSPS) is 15.9. The molecule has 4 rings (SSSR count). The van der Waals surface area contributed by atoms with Gasteiger partial charge in [-0.1, -0.05) is 86.1 Å². The van der Waals surface area contributed by atoms with Crippen molar-refractivity contribution in [1.82, 2.24) is 10.2 Å². The van der Waals surface area contributed by atoms with Crippen molar-refractivity contribution < 1.29 is 19.1 Å². The quantitative estimate of drug-likeness (QED) is 0.226. The van der Waals surface area contributed by atoms with Gasteiger partial charge in [0.2, 0.25) is 5.91 Å². The summed E-state index contributed by atoms with van der Waals surface area (Å²) in [7, 11) is 0. The molecular formula is C31H32ClN3O4. The summed E-state index contributed by atoms with van der Waals surface area (Å²) in [5, 5.41) is 4.97. The maximum absolute atomic E-state index is 13.5. The fourth-order valence-corrected chi connectivity index (χ4v) is 4.74. The molecule has 0 spiro atoms. The minimum Gasteiger partial charge on any atom is -0.463 e. The van der Waals surface area contributed by atoms with Gasteiger partial charge < -0.3 is 15.4 Å². The second kappa shape index (κ2) is 13.1. The maximum atomic E-state index is 13.5. The first-order chi connectivity index (χ1) is 18.9. The highest BCUT2D eigenvalue weighted by atomic mass is 35.5. The molecule has 3 aromatic rings. The van der Waals surface area contributed by atoms with Crippen LogP contribution < -0.4 is 10.6 Å². The molecule has 0 aliphatic carbocycles. The topological polar surface area (TPSA) is 87.7 Å². The highest BCUT2D eigenvalue weighted by Gasteiger charge is 2.38. The summed E-state index contributed by atoms with van der Waals surface area (Å²) in [6.07, 6.45) is 1.66. The highest BCUT2D eigenvalue weighted by Crippen LogP contribution is 2.37. The Morgan fingerprint density at radius 1 is 1.00 bits per heavy atom. The van der Waals surface area contributed by atoms with Gasteiger partial charge in [0.15, 0.2) is 0 Å². The Morgan fingerprint density at radius 2 is 1.69 bits per heavy atom. The van der Waals surface area contributed by atoms with Crippen LogP contribution in [-0.2, 0) is 14.3 Å². The van der Waals surface area contributed by atoms with E-state index in [4.69, 9.17) is 16.3 Å². The molecule has 39 heavy (non-hydrogen) atoms. The van der Waals surface area contributed by atoms with E-state index in [1.54, 1.807) is 48.2 Å². The number of nitrogens with zero attached hydrogens (tertiary/aromatic N) is 1. The number of halogens is 1. The summed E-state index contributed by atoms with van der Waals surface area (Å²) in [5.41, 5.74) is 3.40. The van der Waals surface area contributed by atoms with Crippen LogP contribution in [0.15, 0.2) is 90.5 Å². The van der Waals surface area contributed by atoms with Gasteiger partial charge in [-0.05, 0) is 42.2 Å². The number of alkyl halides is 1. The number of carbonyl (C=O) groups is 3. The molecule has 8 heteroatoms. The van der Waals surface area contributed by atoms with Crippen LogP contribution >= 0.6 is 11.6 Å². The van der Waals surface area contributed by atoms with E-state index in [1.807, 2.05) is 55.5 Å². The number of amides is 3. The molecule has 2 N–H and O–H groups in total. The molecule has 7 nitrogen and oxygen atoms in total. The average Bonchev–Trinajstić information content (AvgIpc) is 2.96. The summed E-state index contributed by atoms with van der Waals surface area (Å²) in [6.45, 7) is 4.44. The smallest absolute Gasteiger partial charge is 0.338 e. The number of unbranched alkanes of at least 4 members (excludes halogenated alkanes) is 1. The lowest BCUT2D eigenvalue weighted by Gasteiger charge is -2.37. The molecule has 1 aliphatic rings. The zero-order chi connectivity index (χ0) is 27.8. The Bertz CT molecular complexity index is 1340. The molecule has 202 valence electrons. The van der Waals surface area contributed by atoms with Crippen molar-refractivity contribution in [2.45, 2.75) is 38.1 Å². The van der Waals surface area contributed by atoms with Gasteiger partial charge in [0.05, 0.1) is 23.9 Å². The standard InChI is InChI=1S/C31H32ClN3O4/c1-3-5-19-35-28(22-15-10-7-11-16-22)25(30(37)39-4-2)27(34-31(35)38)23-17-12-18-24(20-23)33-29(36)26(32)21-13-8-6-9-14-21/h6-18,20,26-27H,3-5,19H2,1-2H3,(H,33,36)(H,34,38). The molecule has 1 heterocycles. The monoisotopic (exact) mass is 545 g/mol. The van der Waals surface area contributed by atoms with Crippen LogP contribution in [0.1, 0.15) is 54.8 Å². The molecule has 1 aliphatic heterocycles. The first-order valence-electron chi connectivity index (χ1n) is 13.1. The Hall–Kier alpha value is -4.10. The van der Waals surface area contributed by atoms with E-state index in [1.165, 1.54) is 0 Å². The molecule has 2 unspecified atom stereocenters. The highest BCUT2D eigenvalue weighted by molar-refractivity contribution is 6.32. The van der Waals surface area contributed by atoms with Crippen LogP contribution in [0, 0.1) is 0 Å².